The molecule has 1 amide bonds. The number of aromatic nitrogens is 4. The van der Waals surface area contributed by atoms with Crippen LogP contribution in [0.2, 0.25) is 0 Å². The molecule has 0 radical (unpaired) electrons. The van der Waals surface area contributed by atoms with Crippen molar-refractivity contribution in [3.05, 3.63) is 143 Å². The summed E-state index contributed by atoms with van der Waals surface area (Å²) in [5.74, 6) is -3.59. The minimum absolute atomic E-state index is 0.223. The highest BCUT2D eigenvalue weighted by Gasteiger charge is 2.60. The Kier molecular flexibility index (Phi) is 19.2. The fraction of sp³-hybridized carbons (Fsp3) is 0.415. The lowest BCUT2D eigenvalue weighted by atomic mass is 9.80. The first-order chi connectivity index (χ1) is 37.1. The normalized spacial score (nSPS) is 17.9. The number of carbonyl (C=O) groups is 1. The van der Waals surface area contributed by atoms with Gasteiger partial charge in [0, 0.05) is 12.1 Å². The van der Waals surface area contributed by atoms with E-state index in [2.05, 4.69) is 20.3 Å². The lowest BCUT2D eigenvalue weighted by Crippen LogP contribution is -2.45. The molecule has 0 spiro atoms. The average molecular weight is 1120 g/mol. The van der Waals surface area contributed by atoms with Crippen LogP contribution in [0.4, 0.5) is 32.3 Å². The second kappa shape index (κ2) is 25.4. The summed E-state index contributed by atoms with van der Waals surface area (Å²) in [5, 5.41) is 12.4. The van der Waals surface area contributed by atoms with Crippen molar-refractivity contribution in [3.63, 3.8) is 0 Å². The van der Waals surface area contributed by atoms with Gasteiger partial charge in [-0.3, -0.25) is 24.5 Å². The van der Waals surface area contributed by atoms with Crippen molar-refractivity contribution >= 4 is 30.9 Å². The predicted molar refractivity (Wildman–Crippen MR) is 273 cm³/mol. The summed E-state index contributed by atoms with van der Waals surface area (Å²) < 4.78 is 134. The molecule has 1 fully saturated rings. The minimum Gasteiger partial charge on any atom is -0.497 e. The molecule has 18 nitrogen and oxygen atoms in total. The first kappa shape index (κ1) is 59.0. The summed E-state index contributed by atoms with van der Waals surface area (Å²) >= 11 is 0. The van der Waals surface area contributed by atoms with E-state index in [4.69, 9.17) is 37.7 Å². The van der Waals surface area contributed by atoms with Crippen LogP contribution in [0.1, 0.15) is 57.0 Å². The van der Waals surface area contributed by atoms with E-state index in [1.807, 2.05) is 24.3 Å². The quantitative estimate of drug-likeness (QED) is 0.0160. The number of ether oxygens (including phenoxy) is 7. The molecule has 5 atom stereocenters. The van der Waals surface area contributed by atoms with Crippen molar-refractivity contribution in [2.75, 3.05) is 52.3 Å². The van der Waals surface area contributed by atoms with Crippen LogP contribution in [-0.2, 0) is 33.9 Å². The number of alkyl halides is 6. The van der Waals surface area contributed by atoms with E-state index in [9.17, 15) is 46.1 Å². The van der Waals surface area contributed by atoms with Gasteiger partial charge in [-0.1, -0.05) is 72.8 Å². The third-order valence-corrected chi connectivity index (χ3v) is 15.7. The maximum Gasteiger partial charge on any atom is 0.402 e. The summed E-state index contributed by atoms with van der Waals surface area (Å²) in [6, 6.07) is 32.8. The van der Waals surface area contributed by atoms with Gasteiger partial charge < -0.3 is 33.2 Å². The average Bonchev–Trinajstić information content (AvgIpc) is 4.18. The molecule has 2 aromatic heterocycles. The SMILES string of the molecule is COc1ccc(C(OC[C@H]2O[C@@H](n3cnc4c(=O)[nH]c(NC(=O)COc5ccccc5)nc43)[C@H](OCOCC(C(F)(F)F)C(F)(F)F)[C@@H]2O[P+](O)(CCC#N)N(C(C)C)C(C)C)(c2ccccc2)c2ccc(OC)cc2)cc1. The first-order valence-electron chi connectivity index (χ1n) is 24.5. The molecule has 1 unspecified atom stereocenters. The number of para-hydroxylation sites is 1. The minimum atomic E-state index is -5.75. The number of aromatic amines is 1. The molecule has 78 heavy (non-hydrogen) atoms. The van der Waals surface area contributed by atoms with Crippen molar-refractivity contribution < 1.29 is 73.7 Å². The van der Waals surface area contributed by atoms with Gasteiger partial charge in [-0.2, -0.15) is 41.1 Å². The van der Waals surface area contributed by atoms with Crippen LogP contribution in [-0.4, -0.2) is 125 Å². The zero-order valence-electron chi connectivity index (χ0n) is 43.2. The molecular weight excluding hydrogens is 1060 g/mol. The lowest BCUT2D eigenvalue weighted by molar-refractivity contribution is -0.299. The highest BCUT2D eigenvalue weighted by atomic mass is 31.2. The monoisotopic (exact) mass is 1110 g/mol. The maximum absolute atomic E-state index is 13.8. The molecule has 7 rings (SSSR count). The molecule has 1 aliphatic heterocycles. The van der Waals surface area contributed by atoms with Gasteiger partial charge >= 0.3 is 20.2 Å². The van der Waals surface area contributed by atoms with Gasteiger partial charge in [-0.25, -0.2) is 9.88 Å². The Hall–Kier alpha value is -6.68. The van der Waals surface area contributed by atoms with E-state index in [1.54, 1.807) is 123 Å². The fourth-order valence-electron chi connectivity index (χ4n) is 9.26. The summed E-state index contributed by atoms with van der Waals surface area (Å²) in [6.45, 7) is 3.04. The molecule has 0 saturated carbocycles. The van der Waals surface area contributed by atoms with Crippen molar-refractivity contribution in [2.45, 2.75) is 88.7 Å². The number of hydrogen-bond donors (Lipinski definition) is 3. The van der Waals surface area contributed by atoms with E-state index < -0.39 is 106 Å². The Bertz CT molecular complexity index is 2930. The molecule has 25 heteroatoms. The van der Waals surface area contributed by atoms with Gasteiger partial charge in [0.25, 0.3) is 11.5 Å². The number of amides is 1. The molecule has 4 aromatic carbocycles. The zero-order valence-corrected chi connectivity index (χ0v) is 44.1. The van der Waals surface area contributed by atoms with Crippen LogP contribution >= 0.6 is 7.87 Å². The van der Waals surface area contributed by atoms with Crippen LogP contribution in [0, 0.1) is 17.2 Å². The fourth-order valence-corrected chi connectivity index (χ4v) is 12.2. The molecule has 418 valence electrons. The van der Waals surface area contributed by atoms with E-state index in [-0.39, 0.29) is 29.7 Å². The standard InChI is InChI=1S/C53H58F6N7O11P/c1-33(2)66(34(3)4)78(69,27-13-26-60)77-45-41(28-75-51(35-14-9-7-10-15-35,36-18-22-38(70-5)23-19-36)37-20-24-39(71-6)25-21-37)76-49(46(45)74-32-72-29-42(52(54,55)56)53(57,58)59)65-31-61-44-47(65)63-50(64-48(44)68)62-43(67)30-73-40-16-11-8-12-17-40/h7-12,14-25,31,33-34,41-42,45-46,49,69H,13,27-30,32H2,1-6H3,(H-,62,63,64,67,68)/p+1/t41-,45-,46-,49-,78?/m1/s1. The Morgan fingerprint density at radius 1 is 0.846 bits per heavy atom. The zero-order chi connectivity index (χ0) is 56.4. The van der Waals surface area contributed by atoms with Gasteiger partial charge in [0.15, 0.2) is 36.0 Å². The lowest BCUT2D eigenvalue weighted by Gasteiger charge is -2.39. The molecular formula is C53H59F6N7O11P+. The Morgan fingerprint density at radius 2 is 1.41 bits per heavy atom. The van der Waals surface area contributed by atoms with E-state index in [1.165, 1.54) is 18.8 Å². The molecule has 1 saturated heterocycles. The summed E-state index contributed by atoms with van der Waals surface area (Å²) in [5.41, 5.74) is -1.16. The number of fused-ring (bicyclic) bond motifs is 1. The Labute approximate surface area is 445 Å². The third-order valence-electron chi connectivity index (χ3n) is 12.6. The van der Waals surface area contributed by atoms with Crippen molar-refractivity contribution in [1.29, 1.82) is 5.26 Å². The van der Waals surface area contributed by atoms with Crippen molar-refractivity contribution in [1.82, 2.24) is 24.2 Å². The maximum atomic E-state index is 13.8. The Balaban J connectivity index is 1.39. The number of nitriles is 1. The second-order valence-corrected chi connectivity index (χ2v) is 20.9. The van der Waals surface area contributed by atoms with Gasteiger partial charge in [0.1, 0.15) is 48.0 Å². The van der Waals surface area contributed by atoms with Gasteiger partial charge in [0.2, 0.25) is 5.95 Å². The predicted octanol–water partition coefficient (Wildman–Crippen LogP) is 9.33. The summed E-state index contributed by atoms with van der Waals surface area (Å²) in [7, 11) is -1.01. The number of nitrogens with one attached hydrogen (secondary N) is 2. The van der Waals surface area contributed by atoms with Gasteiger partial charge in [0.05, 0.1) is 46.3 Å². The van der Waals surface area contributed by atoms with Crippen molar-refractivity contribution in [2.24, 2.45) is 5.92 Å². The smallest absolute Gasteiger partial charge is 0.402 e. The number of imidazole rings is 1. The largest absolute Gasteiger partial charge is 0.497 e. The molecule has 0 bridgehead atoms. The first-order valence-corrected chi connectivity index (χ1v) is 26.3. The number of carbonyl (C=O) groups excluding carboxylic acids is 1. The topological polar surface area (TPSA) is 214 Å². The highest BCUT2D eigenvalue weighted by Crippen LogP contribution is 2.64. The molecule has 1 aliphatic rings. The Morgan fingerprint density at radius 3 is 1.95 bits per heavy atom. The van der Waals surface area contributed by atoms with Gasteiger partial charge in [-0.05, 0) is 80.8 Å². The number of H-pyrrole nitrogens is 1. The van der Waals surface area contributed by atoms with Crippen LogP contribution < -0.4 is 25.1 Å². The number of nitrogens with zero attached hydrogens (tertiary/aromatic N) is 5. The molecule has 6 aromatic rings. The summed E-state index contributed by atoms with van der Waals surface area (Å²) in [6.07, 6.45) is -17.2. The third kappa shape index (κ3) is 13.6. The summed E-state index contributed by atoms with van der Waals surface area (Å²) in [4.78, 5) is 51.0. The van der Waals surface area contributed by atoms with Crippen LogP contribution in [0.25, 0.3) is 11.2 Å². The molecule has 0 aliphatic carbocycles. The van der Waals surface area contributed by atoms with E-state index >= 15 is 0 Å². The van der Waals surface area contributed by atoms with Crippen LogP contribution in [0.5, 0.6) is 17.2 Å². The number of rotatable bonds is 25. The number of benzene rings is 4. The number of methoxy groups -OCH3 is 2. The number of anilines is 1. The molecule has 3 heterocycles. The van der Waals surface area contributed by atoms with Crippen molar-refractivity contribution in [3.8, 4) is 23.3 Å². The highest BCUT2D eigenvalue weighted by molar-refractivity contribution is 7.63. The van der Waals surface area contributed by atoms with Crippen LogP contribution in [0.15, 0.2) is 120 Å². The number of halogens is 6. The van der Waals surface area contributed by atoms with E-state index in [0.717, 1.165) is 6.33 Å². The second-order valence-electron chi connectivity index (χ2n) is 18.5. The molecule has 3 N–H and O–H groups in total. The van der Waals surface area contributed by atoms with E-state index in [0.29, 0.717) is 33.9 Å². The van der Waals surface area contributed by atoms with Gasteiger partial charge in [-0.15, -0.1) is 4.67 Å². The number of hydrogen-bond acceptors (Lipinski definition) is 15. The van der Waals surface area contributed by atoms with Crippen LogP contribution in [0.3, 0.4) is 0 Å².